The fraction of sp³-hybridized carbons (Fsp3) is 0.0476. The van der Waals surface area contributed by atoms with Crippen molar-refractivity contribution in [3.8, 4) is 0 Å². The molecule has 0 heteroatoms. The zero-order chi connectivity index (χ0) is 27.0. The van der Waals surface area contributed by atoms with E-state index in [9.17, 15) is 0 Å². The Morgan fingerprint density at radius 2 is 0.452 bits per heavy atom. The molecule has 0 saturated carbocycles. The normalized spacial score (nSPS) is 10.8. The molecule has 7 aromatic carbocycles. The molecule has 0 nitrogen and oxygen atoms in total. The molecule has 0 aliphatic heterocycles. The van der Waals surface area contributed by atoms with E-state index in [1.54, 1.807) is 0 Å². The SMILES string of the molecule is C.C.C1=Cc2cccc3cccc1c23.C1=Cc2cccc3cccc1c23.c1ccc2ccccc2c1.c1ccccc1. The molecule has 0 N–H and O–H groups in total. The van der Waals surface area contributed by atoms with Crippen molar-refractivity contribution >= 4 is 56.6 Å². The second-order valence-corrected chi connectivity index (χ2v) is 9.75. The lowest BCUT2D eigenvalue weighted by Crippen LogP contribution is -1.76. The van der Waals surface area contributed by atoms with Crippen molar-refractivity contribution in [1.82, 2.24) is 0 Å². The van der Waals surface area contributed by atoms with Gasteiger partial charge in [-0.05, 0) is 54.6 Å². The van der Waals surface area contributed by atoms with Gasteiger partial charge in [-0.3, -0.25) is 0 Å². The van der Waals surface area contributed by atoms with E-state index < -0.39 is 0 Å². The molecule has 7 aromatic rings. The van der Waals surface area contributed by atoms with Crippen LogP contribution < -0.4 is 0 Å². The first-order chi connectivity index (χ1) is 19.9. The standard InChI is InChI=1S/2C12H8.C10H8.C6H6.2CH4/c2*1-3-9-4-2-6-11-8-7-10(5-1)12(9)11;1-2-6-10-8-4-3-7-9(10)5-1;1-2-4-6-5-3-1;;/h2*1-8H;1-8H;1-6H;2*1H4. The molecule has 0 saturated heterocycles. The third-order valence-corrected chi connectivity index (χ3v) is 7.15. The van der Waals surface area contributed by atoms with Crippen LogP contribution in [0.15, 0.2) is 158 Å². The van der Waals surface area contributed by atoms with Crippen molar-refractivity contribution in [3.05, 3.63) is 180 Å². The van der Waals surface area contributed by atoms with Gasteiger partial charge in [0.25, 0.3) is 0 Å². The highest BCUT2D eigenvalue weighted by Gasteiger charge is 2.07. The Kier molecular flexibility index (Phi) is 10.2. The van der Waals surface area contributed by atoms with Crippen molar-refractivity contribution in [1.29, 1.82) is 0 Å². The Balaban J connectivity index is 0.000000130. The molecule has 2 aliphatic carbocycles. The van der Waals surface area contributed by atoms with Crippen molar-refractivity contribution in [3.63, 3.8) is 0 Å². The number of hydrogen-bond donors (Lipinski definition) is 0. The lowest BCUT2D eigenvalue weighted by Gasteiger charge is -1.99. The smallest absolute Gasteiger partial charge is 0.00389 e. The molecule has 0 aromatic heterocycles. The quantitative estimate of drug-likeness (QED) is 0.179. The highest BCUT2D eigenvalue weighted by Crippen LogP contribution is 2.31. The van der Waals surface area contributed by atoms with Crippen LogP contribution in [0, 0.1) is 0 Å². The first kappa shape index (κ1) is 29.8. The molecule has 0 unspecified atom stereocenters. The molecule has 0 bridgehead atoms. The summed E-state index contributed by atoms with van der Waals surface area (Å²) in [5, 5.41) is 8.11. The average molecular weight is 543 g/mol. The molecular weight excluding hydrogens is 504 g/mol. The largest absolute Gasteiger partial charge is 0.0776 e. The third-order valence-electron chi connectivity index (χ3n) is 7.15. The maximum atomic E-state index is 2.18. The van der Waals surface area contributed by atoms with Gasteiger partial charge in [-0.15, -0.1) is 0 Å². The lowest BCUT2D eigenvalue weighted by molar-refractivity contribution is 1.72. The van der Waals surface area contributed by atoms with E-state index in [1.165, 1.54) is 54.6 Å². The van der Waals surface area contributed by atoms with Crippen LogP contribution in [0.25, 0.3) is 56.6 Å². The second-order valence-electron chi connectivity index (χ2n) is 9.75. The average Bonchev–Trinajstić information content (AvgIpc) is 3.66. The zero-order valence-electron chi connectivity index (χ0n) is 22.3. The highest BCUT2D eigenvalue weighted by molar-refractivity contribution is 6.05. The van der Waals surface area contributed by atoms with Crippen molar-refractivity contribution < 1.29 is 0 Å². The summed E-state index contributed by atoms with van der Waals surface area (Å²) in [6.07, 6.45) is 8.71. The van der Waals surface area contributed by atoms with Crippen LogP contribution in [0.2, 0.25) is 0 Å². The Morgan fingerprint density at radius 3 is 0.714 bits per heavy atom. The van der Waals surface area contributed by atoms with Crippen molar-refractivity contribution in [2.24, 2.45) is 0 Å². The van der Waals surface area contributed by atoms with Crippen molar-refractivity contribution in [2.75, 3.05) is 0 Å². The second kappa shape index (κ2) is 14.4. The van der Waals surface area contributed by atoms with Crippen LogP contribution in [0.5, 0.6) is 0 Å². The van der Waals surface area contributed by atoms with Crippen LogP contribution in [-0.4, -0.2) is 0 Å². The van der Waals surface area contributed by atoms with Gasteiger partial charge in [0.1, 0.15) is 0 Å². The maximum Gasteiger partial charge on any atom is -0.00389 e. The summed E-state index contributed by atoms with van der Waals surface area (Å²) in [7, 11) is 0. The summed E-state index contributed by atoms with van der Waals surface area (Å²) in [6, 6.07) is 54.4. The predicted molar refractivity (Wildman–Crippen MR) is 190 cm³/mol. The minimum absolute atomic E-state index is 0. The molecule has 206 valence electrons. The first-order valence-electron chi connectivity index (χ1n) is 13.7. The third kappa shape index (κ3) is 6.74. The lowest BCUT2D eigenvalue weighted by atomic mass is 10.0. The first-order valence-corrected chi connectivity index (χ1v) is 13.7. The Bertz CT molecular complexity index is 1670. The summed E-state index contributed by atoms with van der Waals surface area (Å²) in [5.74, 6) is 0. The minimum Gasteiger partial charge on any atom is -0.0776 e. The van der Waals surface area contributed by atoms with Gasteiger partial charge < -0.3 is 0 Å². The van der Waals surface area contributed by atoms with E-state index in [1.807, 2.05) is 36.4 Å². The number of rotatable bonds is 0. The minimum atomic E-state index is 0. The van der Waals surface area contributed by atoms with Gasteiger partial charge >= 0.3 is 0 Å². The predicted octanol–water partition coefficient (Wildman–Crippen LogP) is 12.4. The van der Waals surface area contributed by atoms with Crippen LogP contribution in [-0.2, 0) is 0 Å². The monoisotopic (exact) mass is 542 g/mol. The summed E-state index contributed by atoms with van der Waals surface area (Å²) < 4.78 is 0. The highest BCUT2D eigenvalue weighted by atomic mass is 14.1. The van der Waals surface area contributed by atoms with E-state index in [-0.39, 0.29) is 14.9 Å². The molecule has 0 heterocycles. The van der Waals surface area contributed by atoms with Crippen LogP contribution in [0.1, 0.15) is 37.1 Å². The van der Waals surface area contributed by atoms with E-state index in [0.717, 1.165) is 0 Å². The summed E-state index contributed by atoms with van der Waals surface area (Å²) in [5.41, 5.74) is 5.40. The maximum absolute atomic E-state index is 2.18. The number of fused-ring (bicyclic) bond motifs is 1. The Hall–Kier alpha value is -5.20. The summed E-state index contributed by atoms with van der Waals surface area (Å²) >= 11 is 0. The van der Waals surface area contributed by atoms with Gasteiger partial charge in [0.05, 0.1) is 0 Å². The van der Waals surface area contributed by atoms with E-state index >= 15 is 0 Å². The van der Waals surface area contributed by atoms with Gasteiger partial charge in [-0.2, -0.15) is 0 Å². The zero-order valence-corrected chi connectivity index (χ0v) is 22.3. The number of benzene rings is 7. The van der Waals surface area contributed by atoms with Crippen molar-refractivity contribution in [2.45, 2.75) is 14.9 Å². The van der Waals surface area contributed by atoms with Gasteiger partial charge in [-0.25, -0.2) is 0 Å². The molecule has 0 amide bonds. The van der Waals surface area contributed by atoms with E-state index in [4.69, 9.17) is 0 Å². The van der Waals surface area contributed by atoms with E-state index in [0.29, 0.717) is 0 Å². The Labute approximate surface area is 250 Å². The Morgan fingerprint density at radius 1 is 0.214 bits per heavy atom. The van der Waals surface area contributed by atoms with Crippen LogP contribution in [0.4, 0.5) is 0 Å². The van der Waals surface area contributed by atoms with E-state index in [2.05, 4.69) is 146 Å². The fourth-order valence-electron chi connectivity index (χ4n) is 5.23. The van der Waals surface area contributed by atoms with Crippen LogP contribution in [0.3, 0.4) is 0 Å². The van der Waals surface area contributed by atoms with Gasteiger partial charge in [-0.1, -0.05) is 197 Å². The summed E-state index contributed by atoms with van der Waals surface area (Å²) in [6.45, 7) is 0. The molecule has 0 spiro atoms. The number of hydrogen-bond acceptors (Lipinski definition) is 0. The molecule has 0 radical (unpaired) electrons. The molecule has 0 atom stereocenters. The topological polar surface area (TPSA) is 0 Å². The van der Waals surface area contributed by atoms with Gasteiger partial charge in [0, 0.05) is 0 Å². The van der Waals surface area contributed by atoms with Crippen LogP contribution >= 0.6 is 0 Å². The molecule has 9 rings (SSSR count). The molecular formula is C42H38. The molecule has 42 heavy (non-hydrogen) atoms. The summed E-state index contributed by atoms with van der Waals surface area (Å²) in [4.78, 5) is 0. The van der Waals surface area contributed by atoms with Gasteiger partial charge in [0.2, 0.25) is 0 Å². The fourth-order valence-corrected chi connectivity index (χ4v) is 5.23. The molecule has 2 aliphatic rings. The van der Waals surface area contributed by atoms with Gasteiger partial charge in [0.15, 0.2) is 0 Å². The molecule has 0 fully saturated rings.